The van der Waals surface area contributed by atoms with Crippen molar-refractivity contribution in [1.29, 1.82) is 0 Å². The highest BCUT2D eigenvalue weighted by atomic mass is 32.1. The zero-order valence-electron chi connectivity index (χ0n) is 16.0. The van der Waals surface area contributed by atoms with Crippen LogP contribution in [0.1, 0.15) is 4.88 Å². The Balaban J connectivity index is 2.11. The highest BCUT2D eigenvalue weighted by Gasteiger charge is 2.43. The van der Waals surface area contributed by atoms with Gasteiger partial charge >= 0.3 is 0 Å². The van der Waals surface area contributed by atoms with E-state index in [0.29, 0.717) is 36.1 Å². The molecule has 0 bridgehead atoms. The lowest BCUT2D eigenvalue weighted by molar-refractivity contribution is -0.120. The first-order chi connectivity index (χ1) is 14.0. The van der Waals surface area contributed by atoms with Crippen LogP contribution in [0.25, 0.3) is 5.57 Å². The Labute approximate surface area is 170 Å². The number of nitrogens with zero attached hydrogens (tertiary/aromatic N) is 2. The van der Waals surface area contributed by atoms with Crippen molar-refractivity contribution in [3.05, 3.63) is 57.9 Å². The number of hydrogen-bond donors (Lipinski definition) is 0. The minimum Gasteiger partial charge on any atom is -0.383 e. The van der Waals surface area contributed by atoms with Crippen molar-refractivity contribution in [2.45, 2.75) is 0 Å². The third-order valence-corrected chi connectivity index (χ3v) is 5.31. The van der Waals surface area contributed by atoms with Gasteiger partial charge in [0.25, 0.3) is 11.8 Å². The van der Waals surface area contributed by atoms with Crippen molar-refractivity contribution in [1.82, 2.24) is 4.90 Å². The molecule has 1 aliphatic heterocycles. The van der Waals surface area contributed by atoms with Crippen molar-refractivity contribution >= 4 is 34.4 Å². The van der Waals surface area contributed by atoms with Gasteiger partial charge in [-0.3, -0.25) is 9.59 Å². The summed E-state index contributed by atoms with van der Waals surface area (Å²) in [6.45, 7) is 1.26. The largest absolute Gasteiger partial charge is 0.383 e. The molecule has 2 amide bonds. The summed E-state index contributed by atoms with van der Waals surface area (Å²) >= 11 is 1.28. The maximum atomic E-state index is 14.4. The summed E-state index contributed by atoms with van der Waals surface area (Å²) in [5.74, 6) is -3.02. The molecule has 0 N–H and O–H groups in total. The number of methoxy groups -OCH3 is 2. The summed E-state index contributed by atoms with van der Waals surface area (Å²) in [7, 11) is 3.05. The fraction of sp³-hybridized carbons (Fsp3) is 0.300. The number of ether oxygens (including phenoxy) is 2. The van der Waals surface area contributed by atoms with Gasteiger partial charge in [0.15, 0.2) is 0 Å². The zero-order valence-corrected chi connectivity index (χ0v) is 16.8. The molecule has 0 unspecified atom stereocenters. The third kappa shape index (κ3) is 4.21. The number of imide groups is 1. The monoisotopic (exact) mass is 422 g/mol. The Morgan fingerprint density at radius 2 is 1.72 bits per heavy atom. The molecular formula is C20H20F2N2O4S. The quantitative estimate of drug-likeness (QED) is 0.582. The van der Waals surface area contributed by atoms with Gasteiger partial charge in [0, 0.05) is 38.3 Å². The van der Waals surface area contributed by atoms with Crippen LogP contribution < -0.4 is 4.90 Å². The van der Waals surface area contributed by atoms with E-state index < -0.39 is 29.1 Å². The van der Waals surface area contributed by atoms with Crippen LogP contribution in [-0.2, 0) is 19.1 Å². The topological polar surface area (TPSA) is 59.1 Å². The number of halogens is 2. The minimum absolute atomic E-state index is 0.121. The number of thiophene rings is 1. The molecule has 0 saturated heterocycles. The van der Waals surface area contributed by atoms with Crippen LogP contribution in [0.15, 0.2) is 41.4 Å². The average Bonchev–Trinajstić information content (AvgIpc) is 3.31. The van der Waals surface area contributed by atoms with Crippen LogP contribution in [-0.4, -0.2) is 57.2 Å². The predicted octanol–water partition coefficient (Wildman–Crippen LogP) is 2.91. The van der Waals surface area contributed by atoms with Gasteiger partial charge in [-0.15, -0.1) is 11.3 Å². The molecule has 0 fully saturated rings. The molecule has 0 aliphatic carbocycles. The van der Waals surface area contributed by atoms with Crippen molar-refractivity contribution in [3.63, 3.8) is 0 Å². The fourth-order valence-electron chi connectivity index (χ4n) is 3.07. The molecule has 0 saturated carbocycles. The summed E-state index contributed by atoms with van der Waals surface area (Å²) in [6, 6.07) is 6.13. The van der Waals surface area contributed by atoms with Gasteiger partial charge in [-0.1, -0.05) is 6.07 Å². The van der Waals surface area contributed by atoms with Gasteiger partial charge < -0.3 is 14.4 Å². The lowest BCUT2D eigenvalue weighted by Crippen LogP contribution is -2.38. The Morgan fingerprint density at radius 1 is 1.03 bits per heavy atom. The number of rotatable bonds is 9. The van der Waals surface area contributed by atoms with Gasteiger partial charge in [-0.2, -0.15) is 0 Å². The molecule has 6 nitrogen and oxygen atoms in total. The van der Waals surface area contributed by atoms with Crippen LogP contribution in [0.5, 0.6) is 0 Å². The summed E-state index contributed by atoms with van der Waals surface area (Å²) in [4.78, 5) is 29.4. The van der Waals surface area contributed by atoms with E-state index in [2.05, 4.69) is 0 Å². The van der Waals surface area contributed by atoms with E-state index in [1.165, 1.54) is 25.6 Å². The molecule has 154 valence electrons. The standard InChI is InChI=1S/C20H20F2N2O4S/c1-27-9-7-23(8-10-28-2)18-17(16-4-3-11-29-16)19(25)24(20(18)26)15-12-13(21)5-6-14(15)22/h3-6,11-12H,7-10H2,1-2H3. The smallest absolute Gasteiger partial charge is 0.282 e. The predicted molar refractivity (Wildman–Crippen MR) is 105 cm³/mol. The second kappa shape index (κ2) is 9.25. The van der Waals surface area contributed by atoms with Crippen molar-refractivity contribution in [2.24, 2.45) is 0 Å². The second-order valence-corrected chi connectivity index (χ2v) is 7.16. The highest BCUT2D eigenvalue weighted by molar-refractivity contribution is 7.11. The second-order valence-electron chi connectivity index (χ2n) is 6.22. The van der Waals surface area contributed by atoms with Gasteiger partial charge in [0.2, 0.25) is 0 Å². The zero-order chi connectivity index (χ0) is 21.0. The Hall–Kier alpha value is -2.62. The van der Waals surface area contributed by atoms with E-state index in [-0.39, 0.29) is 11.3 Å². The molecule has 29 heavy (non-hydrogen) atoms. The molecule has 2 heterocycles. The number of amides is 2. The van der Waals surface area contributed by atoms with Crippen LogP contribution >= 0.6 is 11.3 Å². The van der Waals surface area contributed by atoms with Crippen molar-refractivity contribution < 1.29 is 27.8 Å². The molecular weight excluding hydrogens is 402 g/mol. The SMILES string of the molecule is COCCN(CCOC)C1=C(c2cccs2)C(=O)N(c2cc(F)ccc2F)C1=O. The minimum atomic E-state index is -0.861. The molecule has 0 atom stereocenters. The van der Waals surface area contributed by atoms with Crippen LogP contribution in [0.4, 0.5) is 14.5 Å². The first kappa shape index (κ1) is 21.1. The van der Waals surface area contributed by atoms with Crippen molar-refractivity contribution in [2.75, 3.05) is 45.4 Å². The summed E-state index contributed by atoms with van der Waals surface area (Å²) in [6.07, 6.45) is 0. The van der Waals surface area contributed by atoms with Gasteiger partial charge in [0.1, 0.15) is 17.3 Å². The number of carbonyl (C=O) groups is 2. The van der Waals surface area contributed by atoms with Crippen molar-refractivity contribution in [3.8, 4) is 0 Å². The summed E-state index contributed by atoms with van der Waals surface area (Å²) in [5, 5.41) is 1.78. The molecule has 9 heteroatoms. The number of anilines is 1. The first-order valence-corrected chi connectivity index (χ1v) is 9.72. The van der Waals surface area contributed by atoms with E-state index in [9.17, 15) is 18.4 Å². The van der Waals surface area contributed by atoms with E-state index in [1.807, 2.05) is 0 Å². The average molecular weight is 422 g/mol. The first-order valence-electron chi connectivity index (χ1n) is 8.84. The number of benzene rings is 1. The molecule has 1 aromatic carbocycles. The maximum Gasteiger partial charge on any atom is 0.282 e. The van der Waals surface area contributed by atoms with Crippen LogP contribution in [0.2, 0.25) is 0 Å². The van der Waals surface area contributed by atoms with E-state index in [0.717, 1.165) is 18.2 Å². The Bertz CT molecular complexity index is 923. The summed E-state index contributed by atoms with van der Waals surface area (Å²) < 4.78 is 38.4. The molecule has 0 spiro atoms. The molecule has 1 aliphatic rings. The van der Waals surface area contributed by atoms with E-state index in [1.54, 1.807) is 22.4 Å². The normalized spacial score (nSPS) is 14.3. The maximum absolute atomic E-state index is 14.4. The lowest BCUT2D eigenvalue weighted by atomic mass is 10.1. The third-order valence-electron chi connectivity index (χ3n) is 4.42. The Morgan fingerprint density at radius 3 is 2.31 bits per heavy atom. The molecule has 1 aromatic heterocycles. The fourth-order valence-corrected chi connectivity index (χ4v) is 3.83. The molecule has 2 aromatic rings. The molecule has 3 rings (SSSR count). The van der Waals surface area contributed by atoms with Gasteiger partial charge in [0.05, 0.1) is 24.5 Å². The van der Waals surface area contributed by atoms with Gasteiger partial charge in [-0.25, -0.2) is 13.7 Å². The molecule has 0 radical (unpaired) electrons. The van der Waals surface area contributed by atoms with Gasteiger partial charge in [-0.05, 0) is 23.6 Å². The van der Waals surface area contributed by atoms with E-state index in [4.69, 9.17) is 9.47 Å². The lowest BCUT2D eigenvalue weighted by Gasteiger charge is -2.25. The highest BCUT2D eigenvalue weighted by Crippen LogP contribution is 2.37. The number of carbonyl (C=O) groups excluding carboxylic acids is 2. The Kier molecular flexibility index (Phi) is 6.73. The number of hydrogen-bond acceptors (Lipinski definition) is 6. The van der Waals surface area contributed by atoms with Crippen LogP contribution in [0.3, 0.4) is 0 Å². The van der Waals surface area contributed by atoms with E-state index >= 15 is 0 Å². The summed E-state index contributed by atoms with van der Waals surface area (Å²) in [5.41, 5.74) is -0.140. The van der Waals surface area contributed by atoms with Crippen LogP contribution in [0, 0.1) is 11.6 Å².